The molecule has 3 aliphatic rings. The Bertz CT molecular complexity index is 3800. The number of nitrogens with one attached hydrogen (secondary N) is 3. The number of allylic oxidation sites excluding steroid dienone is 7. The summed E-state index contributed by atoms with van der Waals surface area (Å²) in [6.07, 6.45) is 9.13. The number of rotatable bonds is 30. The van der Waals surface area contributed by atoms with E-state index < -0.39 is 118 Å². The van der Waals surface area contributed by atoms with Crippen molar-refractivity contribution < 1.29 is 100 Å². The van der Waals surface area contributed by atoms with Crippen LogP contribution in [0.15, 0.2) is 117 Å². The van der Waals surface area contributed by atoms with Gasteiger partial charge in [0.05, 0.1) is 26.7 Å². The minimum absolute atomic E-state index is 0.0904. The number of hydrogen-bond acceptors (Lipinski definition) is 15. The lowest BCUT2D eigenvalue weighted by atomic mass is 9.80. The molecule has 26 nitrogen and oxygen atoms in total. The Morgan fingerprint density at radius 2 is 1.28 bits per heavy atom. The fourth-order valence-electron chi connectivity index (χ4n) is 10.6. The Balaban J connectivity index is 1.32. The van der Waals surface area contributed by atoms with Gasteiger partial charge in [0.1, 0.15) is 30.1 Å². The predicted molar refractivity (Wildman–Crippen MR) is 318 cm³/mol. The normalized spacial score (nSPS) is 17.5. The number of ether oxygens (including phenoxy) is 1. The SMILES string of the molecule is CC1(C)C(/C=C/C2=C(Oc3ccc(S(=O)(=O)O)cc3)C(=C/C=C3/N(CCCCS(=O)(=O)O)c4ccc(S(=O)(=O)O)cc4C3(C)C)/CCC2)=[N+](CCCCS(=O)(=O)O)c2ccc(C(=O)NCCCC[C@H](NC(=O)N[C@@H](CCC(=O)O)C(=O)O)C(=O)O)cc21. The zero-order valence-electron chi connectivity index (χ0n) is 48.1. The Morgan fingerprint density at radius 3 is 1.87 bits per heavy atom. The first-order valence-electron chi connectivity index (χ1n) is 27.7. The number of hydrogen-bond donors (Lipinski definition) is 10. The molecule has 3 aromatic rings. The van der Waals surface area contributed by atoms with Gasteiger partial charge in [0.2, 0.25) is 5.69 Å². The summed E-state index contributed by atoms with van der Waals surface area (Å²) >= 11 is 0. The highest BCUT2D eigenvalue weighted by atomic mass is 32.2. The number of benzene rings is 3. The van der Waals surface area contributed by atoms with E-state index in [9.17, 15) is 86.1 Å². The summed E-state index contributed by atoms with van der Waals surface area (Å²) in [7, 11) is -17.7. The lowest BCUT2D eigenvalue weighted by molar-refractivity contribution is -0.438. The highest BCUT2D eigenvalue weighted by Crippen LogP contribution is 2.49. The van der Waals surface area contributed by atoms with E-state index in [2.05, 4.69) is 16.0 Å². The summed E-state index contributed by atoms with van der Waals surface area (Å²) in [6, 6.07) is 10.2. The van der Waals surface area contributed by atoms with Crippen LogP contribution in [-0.4, -0.2) is 151 Å². The summed E-state index contributed by atoms with van der Waals surface area (Å²) in [5.41, 5.74) is 3.83. The Hall–Kier alpha value is -7.32. The van der Waals surface area contributed by atoms with Gasteiger partial charge in [0.25, 0.3) is 46.4 Å². The van der Waals surface area contributed by atoms with Crippen molar-refractivity contribution in [3.05, 3.63) is 124 Å². The largest absolute Gasteiger partial charge is 0.481 e. The second-order valence-corrected chi connectivity index (χ2v) is 28.2. The molecule has 3 aromatic carbocycles. The average molecular weight is 1290 g/mol. The standard InChI is InChI=1S/C57H71N5O21S4/c1-56(2)42-34-38(52(65)58-29-6-5-14-44(53(66)67)59-55(70)60-45(54(68)69)23-28-50(63)64)15-24-46(42)61(30-7-9-32-84(71,72)73)48(56)26-16-36-12-11-13-37(51(36)83-39-18-20-40(21-19-39)86(77,78)79)17-27-49-57(3,4)43-35-41(87(80,81)82)22-25-47(43)62(49)31-8-10-33-85(74,75)76/h15-22,24-27,34-35,44-45H,5-14,23,28-33H2,1-4H3,(H9-,58,59,60,63,64,65,66,67,68,69,70,71,72,73,74,75,76,77,78,79,80,81,82)/p+1/t44-,45-/m0/s1. The molecular weight excluding hydrogens is 1220 g/mol. The number of carbonyl (C=O) groups is 5. The van der Waals surface area contributed by atoms with Crippen molar-refractivity contribution >= 4 is 87.4 Å². The number of nitrogens with zero attached hydrogens (tertiary/aromatic N) is 2. The Kier molecular flexibility index (Phi) is 22.3. The van der Waals surface area contributed by atoms with Crippen LogP contribution in [0, 0.1) is 0 Å². The van der Waals surface area contributed by atoms with Crippen LogP contribution >= 0.6 is 0 Å². The van der Waals surface area contributed by atoms with Crippen LogP contribution in [0.4, 0.5) is 16.2 Å². The maximum absolute atomic E-state index is 13.7. The molecule has 0 saturated heterocycles. The number of urea groups is 1. The molecule has 30 heteroatoms. The number of amides is 3. The van der Waals surface area contributed by atoms with Gasteiger partial charge in [0.15, 0.2) is 5.71 Å². The third-order valence-electron chi connectivity index (χ3n) is 15.1. The fraction of sp³-hybridized carbons (Fsp3) is 0.439. The van der Waals surface area contributed by atoms with Gasteiger partial charge < -0.3 is 40.9 Å². The first kappa shape index (κ1) is 68.8. The molecule has 87 heavy (non-hydrogen) atoms. The number of carbonyl (C=O) groups excluding carboxylic acids is 2. The van der Waals surface area contributed by atoms with Crippen molar-refractivity contribution in [1.29, 1.82) is 0 Å². The van der Waals surface area contributed by atoms with E-state index in [1.807, 2.05) is 61.5 Å². The fourth-order valence-corrected chi connectivity index (χ4v) is 12.8. The first-order valence-corrected chi connectivity index (χ1v) is 33.8. The van der Waals surface area contributed by atoms with Gasteiger partial charge in [0, 0.05) is 66.0 Å². The first-order chi connectivity index (χ1) is 40.5. The highest BCUT2D eigenvalue weighted by Gasteiger charge is 2.45. The molecule has 0 unspecified atom stereocenters. The molecule has 0 radical (unpaired) electrons. The van der Waals surface area contributed by atoms with Gasteiger partial charge in [-0.3, -0.25) is 27.8 Å². The molecule has 10 N–H and O–H groups in total. The van der Waals surface area contributed by atoms with Crippen LogP contribution in [-0.2, 0) is 65.7 Å². The zero-order chi connectivity index (χ0) is 64.5. The predicted octanol–water partition coefficient (Wildman–Crippen LogP) is 6.54. The summed E-state index contributed by atoms with van der Waals surface area (Å²) in [6.45, 7) is 8.20. The molecule has 0 fully saturated rings. The van der Waals surface area contributed by atoms with Crippen molar-refractivity contribution in [1.82, 2.24) is 16.0 Å². The summed E-state index contributed by atoms with van der Waals surface area (Å²) in [5.74, 6) is -5.06. The molecule has 2 aliphatic heterocycles. The van der Waals surface area contributed by atoms with Gasteiger partial charge >= 0.3 is 23.9 Å². The van der Waals surface area contributed by atoms with Crippen LogP contribution < -0.4 is 25.6 Å². The van der Waals surface area contributed by atoms with E-state index in [4.69, 9.17) is 9.84 Å². The average Bonchev–Trinajstić information content (AvgIpc) is 1.63. The lowest BCUT2D eigenvalue weighted by Gasteiger charge is -2.27. The van der Waals surface area contributed by atoms with Crippen molar-refractivity contribution in [2.45, 2.75) is 137 Å². The van der Waals surface area contributed by atoms with Crippen LogP contribution in [0.1, 0.15) is 126 Å². The van der Waals surface area contributed by atoms with Crippen LogP contribution in [0.25, 0.3) is 0 Å². The van der Waals surface area contributed by atoms with Crippen molar-refractivity contribution in [3.8, 4) is 5.75 Å². The van der Waals surface area contributed by atoms with E-state index >= 15 is 0 Å². The van der Waals surface area contributed by atoms with Crippen molar-refractivity contribution in [3.63, 3.8) is 0 Å². The second-order valence-electron chi connectivity index (χ2n) is 22.2. The summed E-state index contributed by atoms with van der Waals surface area (Å²) < 4.78 is 143. The second kappa shape index (κ2) is 28.2. The lowest BCUT2D eigenvalue weighted by Crippen LogP contribution is -2.51. The highest BCUT2D eigenvalue weighted by molar-refractivity contribution is 7.86. The van der Waals surface area contributed by atoms with E-state index in [-0.39, 0.29) is 72.8 Å². The number of carboxylic acids is 3. The molecule has 2 atom stereocenters. The molecule has 6 rings (SSSR count). The minimum Gasteiger partial charge on any atom is -0.481 e. The molecule has 2 heterocycles. The maximum atomic E-state index is 13.7. The number of aliphatic carboxylic acids is 3. The van der Waals surface area contributed by atoms with E-state index in [0.717, 1.165) is 11.3 Å². The Morgan fingerprint density at radius 1 is 0.667 bits per heavy atom. The molecule has 0 saturated carbocycles. The third-order valence-corrected chi connectivity index (χ3v) is 18.5. The minimum atomic E-state index is -4.62. The van der Waals surface area contributed by atoms with Gasteiger partial charge in [-0.15, -0.1) is 0 Å². The number of carboxylic acid groups (broad SMARTS) is 3. The molecule has 474 valence electrons. The monoisotopic (exact) mass is 1290 g/mol. The van der Waals surface area contributed by atoms with Gasteiger partial charge in [-0.1, -0.05) is 19.9 Å². The summed E-state index contributed by atoms with van der Waals surface area (Å²) in [5, 5.41) is 35.1. The van der Waals surface area contributed by atoms with Gasteiger partial charge in [-0.2, -0.15) is 38.2 Å². The molecule has 0 aromatic heterocycles. The summed E-state index contributed by atoms with van der Waals surface area (Å²) in [4.78, 5) is 61.8. The number of fused-ring (bicyclic) bond motifs is 2. The van der Waals surface area contributed by atoms with Crippen LogP contribution in [0.3, 0.4) is 0 Å². The number of unbranched alkanes of at least 4 members (excludes halogenated alkanes) is 3. The van der Waals surface area contributed by atoms with Crippen molar-refractivity contribution in [2.75, 3.05) is 36.0 Å². The molecular formula is C57H72N5O21S4+. The van der Waals surface area contributed by atoms with Crippen LogP contribution in [0.2, 0.25) is 0 Å². The quantitative estimate of drug-likeness (QED) is 0.0192. The van der Waals surface area contributed by atoms with Gasteiger partial charge in [-0.25, -0.2) is 14.4 Å². The Labute approximate surface area is 504 Å². The molecule has 1 aliphatic carbocycles. The van der Waals surface area contributed by atoms with E-state index in [1.54, 1.807) is 24.3 Å². The topological polar surface area (TPSA) is 415 Å². The zero-order valence-corrected chi connectivity index (χ0v) is 51.4. The number of anilines is 1. The molecule has 0 spiro atoms. The van der Waals surface area contributed by atoms with E-state index in [0.29, 0.717) is 71.6 Å². The smallest absolute Gasteiger partial charge is 0.326 e. The van der Waals surface area contributed by atoms with Gasteiger partial charge in [-0.05, 0) is 162 Å². The van der Waals surface area contributed by atoms with Crippen molar-refractivity contribution in [2.24, 2.45) is 0 Å². The molecule has 0 bridgehead atoms. The molecule has 3 amide bonds. The van der Waals surface area contributed by atoms with E-state index in [1.165, 1.54) is 36.4 Å². The van der Waals surface area contributed by atoms with Crippen LogP contribution in [0.5, 0.6) is 5.75 Å². The maximum Gasteiger partial charge on any atom is 0.326 e. The third kappa shape index (κ3) is 18.6.